The first-order chi connectivity index (χ1) is 17.9. The van der Waals surface area contributed by atoms with Crippen LogP contribution >= 0.6 is 45.2 Å². The van der Waals surface area contributed by atoms with E-state index in [1.54, 1.807) is 0 Å². The number of hydrogen-bond donors (Lipinski definition) is 2. The zero-order chi connectivity index (χ0) is 29.8. The molecule has 0 spiro atoms. The molecule has 2 N–H and O–H groups in total. The van der Waals surface area contributed by atoms with Crippen molar-refractivity contribution in [3.05, 3.63) is 96.1 Å². The van der Waals surface area contributed by atoms with Crippen molar-refractivity contribution in [3.63, 3.8) is 0 Å². The molecule has 0 heterocycles. The predicted octanol–water partition coefficient (Wildman–Crippen LogP) is 7.76. The van der Waals surface area contributed by atoms with Gasteiger partial charge in [0.05, 0.1) is 11.3 Å². The van der Waals surface area contributed by atoms with E-state index in [1.165, 1.54) is 88.6 Å². The van der Waals surface area contributed by atoms with Gasteiger partial charge in [-0.05, 0) is 93.7 Å². The van der Waals surface area contributed by atoms with E-state index in [9.17, 15) is 49.1 Å². The Labute approximate surface area is 242 Å². The van der Waals surface area contributed by atoms with Crippen molar-refractivity contribution in [3.8, 4) is 0 Å². The Hall–Kier alpha value is -2.57. The Kier molecular flexibility index (Phi) is 10.7. The highest BCUT2D eigenvalue weighted by Crippen LogP contribution is 2.54. The Morgan fingerprint density at radius 1 is 0.744 bits per heavy atom. The average molecular weight is 788 g/mol. The van der Waals surface area contributed by atoms with Gasteiger partial charge in [0.1, 0.15) is 11.6 Å². The SMILES string of the molecule is CNC(=O)c1ccc(F)cc1.O=C(Nc1c(I)cc(C(F)(C(F)(F)F)C(F)(F)F)cc1I)c1ccccc1F. The lowest BCUT2D eigenvalue weighted by Gasteiger charge is -2.31. The lowest BCUT2D eigenvalue weighted by molar-refractivity contribution is -0.348. The lowest BCUT2D eigenvalue weighted by atomic mass is 9.94. The van der Waals surface area contributed by atoms with E-state index in [0.717, 1.165) is 12.1 Å². The summed E-state index contributed by atoms with van der Waals surface area (Å²) in [5, 5.41) is 4.65. The van der Waals surface area contributed by atoms with Crippen LogP contribution < -0.4 is 10.6 Å². The highest BCUT2D eigenvalue weighted by atomic mass is 127. The number of anilines is 1. The van der Waals surface area contributed by atoms with Crippen LogP contribution in [0.3, 0.4) is 0 Å². The van der Waals surface area contributed by atoms with Crippen molar-refractivity contribution >= 4 is 62.7 Å². The standard InChI is InChI=1S/C16H7F8I2NO.C8H8FNO/c17-9-4-2-1-3-8(9)13(28)27-12-10(25)5-7(6-11(12)26)14(18,15(19,20)21)16(22,23)24;1-10-8(11)6-2-4-7(9)5-3-6/h1-6H,(H,27,28);2-5H,1H3,(H,10,11). The number of carbonyl (C=O) groups excluding carboxylic acids is 2. The molecular weight excluding hydrogens is 773 g/mol. The highest BCUT2D eigenvalue weighted by molar-refractivity contribution is 14.1. The van der Waals surface area contributed by atoms with Gasteiger partial charge in [-0.25, -0.2) is 13.2 Å². The van der Waals surface area contributed by atoms with Crippen LogP contribution in [0.4, 0.5) is 45.2 Å². The molecule has 0 aliphatic heterocycles. The second-order valence-electron chi connectivity index (χ2n) is 7.49. The summed E-state index contributed by atoms with van der Waals surface area (Å²) in [5.41, 5.74) is -7.36. The van der Waals surface area contributed by atoms with Crippen molar-refractivity contribution in [2.75, 3.05) is 12.4 Å². The summed E-state index contributed by atoms with van der Waals surface area (Å²) in [6, 6.07) is 10.9. The number of rotatable bonds is 4. The largest absolute Gasteiger partial charge is 0.435 e. The van der Waals surface area contributed by atoms with Gasteiger partial charge in [-0.2, -0.15) is 26.3 Å². The first kappa shape index (κ1) is 32.6. The van der Waals surface area contributed by atoms with E-state index in [-0.39, 0.29) is 30.1 Å². The zero-order valence-electron chi connectivity index (χ0n) is 19.2. The van der Waals surface area contributed by atoms with Crippen LogP contribution in [0, 0.1) is 18.8 Å². The summed E-state index contributed by atoms with van der Waals surface area (Å²) < 4.78 is 117. The van der Waals surface area contributed by atoms with Crippen LogP contribution in [0.2, 0.25) is 0 Å². The fourth-order valence-corrected chi connectivity index (χ4v) is 4.99. The van der Waals surface area contributed by atoms with Crippen LogP contribution in [0.15, 0.2) is 60.7 Å². The lowest BCUT2D eigenvalue weighted by Crippen LogP contribution is -2.50. The summed E-state index contributed by atoms with van der Waals surface area (Å²) >= 11 is 2.71. The second-order valence-corrected chi connectivity index (χ2v) is 9.81. The van der Waals surface area contributed by atoms with E-state index < -0.39 is 35.3 Å². The minimum atomic E-state index is -6.25. The van der Waals surface area contributed by atoms with Gasteiger partial charge < -0.3 is 10.6 Å². The van der Waals surface area contributed by atoms with Crippen LogP contribution in [0.5, 0.6) is 0 Å². The van der Waals surface area contributed by atoms with Crippen molar-refractivity contribution in [1.82, 2.24) is 5.32 Å². The molecule has 0 bridgehead atoms. The molecule has 0 fully saturated rings. The average Bonchev–Trinajstić information content (AvgIpc) is 2.84. The summed E-state index contributed by atoms with van der Waals surface area (Å²) in [6.45, 7) is 0. The smallest absolute Gasteiger partial charge is 0.355 e. The van der Waals surface area contributed by atoms with Crippen molar-refractivity contribution in [2.24, 2.45) is 0 Å². The van der Waals surface area contributed by atoms with E-state index >= 15 is 0 Å². The molecule has 3 rings (SSSR count). The number of amides is 2. The molecule has 0 aromatic heterocycles. The molecule has 4 nitrogen and oxygen atoms in total. The van der Waals surface area contributed by atoms with Crippen LogP contribution in [-0.4, -0.2) is 31.2 Å². The molecule has 0 aliphatic rings. The van der Waals surface area contributed by atoms with Gasteiger partial charge in [-0.3, -0.25) is 9.59 Å². The number of benzene rings is 3. The number of hydrogen-bond acceptors (Lipinski definition) is 2. The second kappa shape index (κ2) is 12.7. The number of alkyl halides is 7. The van der Waals surface area contributed by atoms with Crippen LogP contribution in [0.25, 0.3) is 0 Å². The molecule has 39 heavy (non-hydrogen) atoms. The third kappa shape index (κ3) is 7.55. The Morgan fingerprint density at radius 2 is 1.23 bits per heavy atom. The minimum Gasteiger partial charge on any atom is -0.355 e. The van der Waals surface area contributed by atoms with Gasteiger partial charge >= 0.3 is 18.0 Å². The number of halogens is 11. The molecule has 0 saturated heterocycles. The Bertz CT molecular complexity index is 1310. The van der Waals surface area contributed by atoms with Crippen LogP contribution in [-0.2, 0) is 5.67 Å². The van der Waals surface area contributed by atoms with E-state index in [4.69, 9.17) is 0 Å². The van der Waals surface area contributed by atoms with E-state index in [0.29, 0.717) is 17.7 Å². The number of carbonyl (C=O) groups is 2. The maximum Gasteiger partial charge on any atom is 0.435 e. The van der Waals surface area contributed by atoms with Crippen molar-refractivity contribution in [1.29, 1.82) is 0 Å². The summed E-state index contributed by atoms with van der Waals surface area (Å²) in [7, 11) is 1.53. The molecule has 3 aromatic rings. The Morgan fingerprint density at radius 3 is 1.67 bits per heavy atom. The monoisotopic (exact) mass is 788 g/mol. The first-order valence-corrected chi connectivity index (χ1v) is 12.4. The summed E-state index contributed by atoms with van der Waals surface area (Å²) in [4.78, 5) is 23.0. The summed E-state index contributed by atoms with van der Waals surface area (Å²) in [6.07, 6.45) is -12.5. The molecule has 2 amide bonds. The van der Waals surface area contributed by atoms with E-state index in [2.05, 4.69) is 10.6 Å². The van der Waals surface area contributed by atoms with Gasteiger partial charge in [-0.1, -0.05) is 12.1 Å². The molecule has 210 valence electrons. The maximum absolute atomic E-state index is 14.2. The quantitative estimate of drug-likeness (QED) is 0.210. The molecule has 0 atom stereocenters. The van der Waals surface area contributed by atoms with Crippen LogP contribution in [0.1, 0.15) is 26.3 Å². The highest BCUT2D eigenvalue weighted by Gasteiger charge is 2.73. The third-order valence-corrected chi connectivity index (χ3v) is 6.61. The van der Waals surface area contributed by atoms with Crippen molar-refractivity contribution < 1.29 is 49.1 Å². The van der Waals surface area contributed by atoms with E-state index in [1.807, 2.05) is 0 Å². The number of nitrogens with one attached hydrogen (secondary N) is 2. The molecular formula is C24H15F9I2N2O2. The summed E-state index contributed by atoms with van der Waals surface area (Å²) in [5.74, 6) is -2.39. The third-order valence-electron chi connectivity index (χ3n) is 4.91. The first-order valence-electron chi connectivity index (χ1n) is 10.3. The molecule has 0 radical (unpaired) electrons. The fourth-order valence-electron chi connectivity index (χ4n) is 2.95. The van der Waals surface area contributed by atoms with Gasteiger partial charge in [0.2, 0.25) is 0 Å². The molecule has 15 heteroatoms. The van der Waals surface area contributed by atoms with Gasteiger partial charge in [0.25, 0.3) is 11.8 Å². The maximum atomic E-state index is 14.2. The molecule has 0 aliphatic carbocycles. The predicted molar refractivity (Wildman–Crippen MR) is 141 cm³/mol. The Balaban J connectivity index is 0.000000404. The van der Waals surface area contributed by atoms with Gasteiger partial charge in [-0.15, -0.1) is 0 Å². The van der Waals surface area contributed by atoms with Crippen molar-refractivity contribution in [2.45, 2.75) is 18.0 Å². The molecule has 3 aromatic carbocycles. The molecule has 0 saturated carbocycles. The normalized spacial score (nSPS) is 11.8. The topological polar surface area (TPSA) is 58.2 Å². The van der Waals surface area contributed by atoms with Gasteiger partial charge in [0, 0.05) is 25.3 Å². The minimum absolute atomic E-state index is 0.176. The zero-order valence-corrected chi connectivity index (χ0v) is 23.6. The molecule has 0 unspecified atom stereocenters. The van der Waals surface area contributed by atoms with Gasteiger partial charge in [0.15, 0.2) is 0 Å². The fraction of sp³-hybridized carbons (Fsp3) is 0.167.